The molecular weight excluding hydrogens is 307 g/mol. The van der Waals surface area contributed by atoms with E-state index in [1.807, 2.05) is 6.92 Å². The van der Waals surface area contributed by atoms with Gasteiger partial charge in [-0.1, -0.05) is 13.0 Å². The Kier molecular flexibility index (Phi) is 4.85. The molecule has 1 aliphatic heterocycles. The number of nitrogens with zero attached hydrogens (tertiary/aromatic N) is 2. The molecule has 1 fully saturated rings. The van der Waals surface area contributed by atoms with E-state index in [0.717, 1.165) is 12.5 Å². The number of sulfonamides is 1. The zero-order valence-electron chi connectivity index (χ0n) is 12.4. The number of nitriles is 1. The second-order valence-corrected chi connectivity index (χ2v) is 7.55. The van der Waals surface area contributed by atoms with Gasteiger partial charge >= 0.3 is 0 Å². The van der Waals surface area contributed by atoms with Crippen LogP contribution < -0.4 is 0 Å². The van der Waals surface area contributed by atoms with Gasteiger partial charge in [-0.15, -0.1) is 0 Å². The van der Waals surface area contributed by atoms with Crippen molar-refractivity contribution < 1.29 is 17.9 Å². The molecule has 0 amide bonds. The average Bonchev–Trinajstić information content (AvgIpc) is 2.54. The monoisotopic (exact) mass is 326 g/mol. The van der Waals surface area contributed by atoms with E-state index < -0.39 is 21.4 Å². The minimum Gasteiger partial charge on any atom is -0.396 e. The smallest absolute Gasteiger partial charge is 0.244 e. The number of rotatable bonds is 4. The average molecular weight is 326 g/mol. The minimum atomic E-state index is -3.90. The van der Waals surface area contributed by atoms with Gasteiger partial charge in [0.15, 0.2) is 0 Å². The third-order valence-electron chi connectivity index (χ3n) is 4.57. The van der Waals surface area contributed by atoms with Gasteiger partial charge in [0, 0.05) is 19.7 Å². The maximum Gasteiger partial charge on any atom is 0.244 e. The molecule has 1 N–H and O–H groups in total. The Morgan fingerprint density at radius 1 is 1.41 bits per heavy atom. The summed E-state index contributed by atoms with van der Waals surface area (Å²) >= 11 is 0. The van der Waals surface area contributed by atoms with Crippen LogP contribution in [0.15, 0.2) is 23.1 Å². The van der Waals surface area contributed by atoms with Crippen molar-refractivity contribution in [2.75, 3.05) is 19.7 Å². The van der Waals surface area contributed by atoms with Crippen LogP contribution in [0.25, 0.3) is 0 Å². The lowest BCUT2D eigenvalue weighted by Crippen LogP contribution is -2.44. The molecular formula is C15H19FN2O3S. The van der Waals surface area contributed by atoms with E-state index in [0.29, 0.717) is 12.8 Å². The van der Waals surface area contributed by atoms with Gasteiger partial charge < -0.3 is 5.11 Å². The highest BCUT2D eigenvalue weighted by Gasteiger charge is 2.38. The van der Waals surface area contributed by atoms with Crippen molar-refractivity contribution in [3.63, 3.8) is 0 Å². The molecule has 1 saturated heterocycles. The molecule has 0 atom stereocenters. The standard InChI is InChI=1S/C15H19FN2O3S/c1-2-15(11-19)6-8-18(9-7-15)22(20,21)14-5-3-4-13(16)12(14)10-17/h3-5,19H,2,6-9,11H2,1H3. The number of benzene rings is 1. The fraction of sp³-hybridized carbons (Fsp3) is 0.533. The fourth-order valence-electron chi connectivity index (χ4n) is 2.79. The molecule has 0 radical (unpaired) electrons. The first-order valence-electron chi connectivity index (χ1n) is 7.20. The summed E-state index contributed by atoms with van der Waals surface area (Å²) in [5, 5.41) is 18.5. The van der Waals surface area contributed by atoms with Crippen molar-refractivity contribution in [3.05, 3.63) is 29.6 Å². The molecule has 1 heterocycles. The van der Waals surface area contributed by atoms with Crippen LogP contribution in [0, 0.1) is 22.6 Å². The van der Waals surface area contributed by atoms with E-state index in [-0.39, 0.29) is 30.0 Å². The predicted molar refractivity (Wildman–Crippen MR) is 78.9 cm³/mol. The van der Waals surface area contributed by atoms with E-state index in [1.54, 1.807) is 6.07 Å². The van der Waals surface area contributed by atoms with Crippen LogP contribution >= 0.6 is 0 Å². The van der Waals surface area contributed by atoms with Crippen molar-refractivity contribution >= 4 is 10.0 Å². The molecule has 0 aliphatic carbocycles. The highest BCUT2D eigenvalue weighted by Crippen LogP contribution is 2.36. The van der Waals surface area contributed by atoms with Crippen molar-refractivity contribution in [3.8, 4) is 6.07 Å². The maximum atomic E-state index is 13.6. The molecule has 0 bridgehead atoms. The zero-order valence-corrected chi connectivity index (χ0v) is 13.2. The van der Waals surface area contributed by atoms with E-state index in [1.165, 1.54) is 16.4 Å². The van der Waals surface area contributed by atoms with Crippen molar-refractivity contribution in [1.82, 2.24) is 4.31 Å². The molecule has 0 unspecified atom stereocenters. The first kappa shape index (κ1) is 16.9. The molecule has 1 aliphatic rings. The molecule has 0 aromatic heterocycles. The summed E-state index contributed by atoms with van der Waals surface area (Å²) in [4.78, 5) is -0.289. The van der Waals surface area contributed by atoms with Gasteiger partial charge in [-0.2, -0.15) is 9.57 Å². The number of piperidine rings is 1. The first-order chi connectivity index (χ1) is 10.4. The van der Waals surface area contributed by atoms with Crippen LogP contribution in [-0.4, -0.2) is 37.5 Å². The third kappa shape index (κ3) is 2.86. The van der Waals surface area contributed by atoms with Gasteiger partial charge in [0.2, 0.25) is 10.0 Å². The number of aliphatic hydroxyl groups is 1. The van der Waals surface area contributed by atoms with Crippen molar-refractivity contribution in [2.45, 2.75) is 31.1 Å². The Morgan fingerprint density at radius 2 is 2.05 bits per heavy atom. The van der Waals surface area contributed by atoms with E-state index in [2.05, 4.69) is 0 Å². The number of aliphatic hydroxyl groups excluding tert-OH is 1. The number of hydrogen-bond donors (Lipinski definition) is 1. The normalized spacial score (nSPS) is 18.8. The van der Waals surface area contributed by atoms with Gasteiger partial charge in [0.05, 0.1) is 0 Å². The molecule has 5 nitrogen and oxygen atoms in total. The summed E-state index contributed by atoms with van der Waals surface area (Å²) in [7, 11) is -3.90. The molecule has 7 heteroatoms. The molecule has 0 saturated carbocycles. The summed E-state index contributed by atoms with van der Waals surface area (Å²) in [5.74, 6) is -0.834. The van der Waals surface area contributed by atoms with E-state index in [4.69, 9.17) is 5.26 Å². The lowest BCUT2D eigenvalue weighted by Gasteiger charge is -2.39. The van der Waals surface area contributed by atoms with Crippen molar-refractivity contribution in [2.24, 2.45) is 5.41 Å². The molecule has 0 spiro atoms. The van der Waals surface area contributed by atoms with Crippen LogP contribution in [0.1, 0.15) is 31.7 Å². The van der Waals surface area contributed by atoms with Gasteiger partial charge in [0.1, 0.15) is 22.3 Å². The lowest BCUT2D eigenvalue weighted by atomic mass is 9.77. The van der Waals surface area contributed by atoms with Crippen LogP contribution in [0.2, 0.25) is 0 Å². The second kappa shape index (κ2) is 6.32. The third-order valence-corrected chi connectivity index (χ3v) is 6.51. The van der Waals surface area contributed by atoms with Crippen LogP contribution in [0.4, 0.5) is 4.39 Å². The van der Waals surface area contributed by atoms with Crippen LogP contribution in [-0.2, 0) is 10.0 Å². The Bertz CT molecular complexity index is 683. The van der Waals surface area contributed by atoms with Crippen molar-refractivity contribution in [1.29, 1.82) is 5.26 Å². The van der Waals surface area contributed by atoms with Gasteiger partial charge in [-0.05, 0) is 36.8 Å². The van der Waals surface area contributed by atoms with E-state index >= 15 is 0 Å². The number of hydrogen-bond acceptors (Lipinski definition) is 4. The molecule has 2 rings (SSSR count). The van der Waals surface area contributed by atoms with Gasteiger partial charge in [-0.3, -0.25) is 0 Å². The summed E-state index contributed by atoms with van der Waals surface area (Å²) in [6, 6.07) is 5.24. The zero-order chi connectivity index (χ0) is 16.4. The summed E-state index contributed by atoms with van der Waals surface area (Å²) < 4.78 is 40.2. The maximum absolute atomic E-state index is 13.6. The topological polar surface area (TPSA) is 81.4 Å². The largest absolute Gasteiger partial charge is 0.396 e. The Hall–Kier alpha value is -1.49. The molecule has 120 valence electrons. The van der Waals surface area contributed by atoms with Gasteiger partial charge in [-0.25, -0.2) is 12.8 Å². The first-order valence-corrected chi connectivity index (χ1v) is 8.64. The minimum absolute atomic E-state index is 0.0286. The predicted octanol–water partition coefficient (Wildman–Crippen LogP) is 1.87. The summed E-state index contributed by atoms with van der Waals surface area (Å²) in [6.07, 6.45) is 1.88. The van der Waals surface area contributed by atoms with E-state index in [9.17, 15) is 17.9 Å². The number of halogens is 1. The van der Waals surface area contributed by atoms with Crippen LogP contribution in [0.5, 0.6) is 0 Å². The quantitative estimate of drug-likeness (QED) is 0.916. The SMILES string of the molecule is CCC1(CO)CCN(S(=O)(=O)c2cccc(F)c2C#N)CC1. The molecule has 1 aromatic carbocycles. The molecule has 22 heavy (non-hydrogen) atoms. The van der Waals surface area contributed by atoms with Gasteiger partial charge in [0.25, 0.3) is 0 Å². The molecule has 1 aromatic rings. The fourth-order valence-corrected chi connectivity index (χ4v) is 4.38. The Balaban J connectivity index is 2.31. The second-order valence-electron chi connectivity index (χ2n) is 5.64. The highest BCUT2D eigenvalue weighted by molar-refractivity contribution is 7.89. The summed E-state index contributed by atoms with van der Waals surface area (Å²) in [5.41, 5.74) is -0.691. The van der Waals surface area contributed by atoms with Crippen LogP contribution in [0.3, 0.4) is 0 Å². The Labute approximate surface area is 130 Å². The summed E-state index contributed by atoms with van der Waals surface area (Å²) in [6.45, 7) is 2.53. The highest BCUT2D eigenvalue weighted by atomic mass is 32.2. The lowest BCUT2D eigenvalue weighted by molar-refractivity contribution is 0.0647. The Morgan fingerprint density at radius 3 is 2.55 bits per heavy atom.